The third-order valence-corrected chi connectivity index (χ3v) is 2.36. The molecule has 0 radical (unpaired) electrons. The summed E-state index contributed by atoms with van der Waals surface area (Å²) in [6, 6.07) is 6.49. The number of benzene rings is 1. The standard InChI is InChI=1S/C13H19N3O3/c1-2-19-8-7-15-12(17)9-16-13(18)10-3-5-11(14)6-4-10/h3-6H,2,7-9,14H2,1H3,(H,15,17)(H,16,18). The minimum absolute atomic E-state index is 0.0602. The van der Waals surface area contributed by atoms with E-state index in [9.17, 15) is 9.59 Å². The average Bonchev–Trinajstić information content (AvgIpc) is 2.42. The Balaban J connectivity index is 2.26. The van der Waals surface area contributed by atoms with Crippen molar-refractivity contribution in [2.24, 2.45) is 0 Å². The van der Waals surface area contributed by atoms with Gasteiger partial charge in [0.1, 0.15) is 0 Å². The van der Waals surface area contributed by atoms with Gasteiger partial charge in [-0.1, -0.05) is 0 Å². The number of amides is 2. The SMILES string of the molecule is CCOCCNC(=O)CNC(=O)c1ccc(N)cc1. The molecule has 6 heteroatoms. The van der Waals surface area contributed by atoms with Gasteiger partial charge in [0.25, 0.3) is 5.91 Å². The highest BCUT2D eigenvalue weighted by molar-refractivity contribution is 5.96. The predicted octanol–water partition coefficient (Wildman–Crippen LogP) is 0.151. The number of carbonyl (C=O) groups is 2. The largest absolute Gasteiger partial charge is 0.399 e. The second kappa shape index (κ2) is 8.10. The molecular weight excluding hydrogens is 246 g/mol. The zero-order valence-electron chi connectivity index (χ0n) is 10.9. The molecule has 2 amide bonds. The third kappa shape index (κ3) is 5.87. The van der Waals surface area contributed by atoms with Crippen molar-refractivity contribution in [3.63, 3.8) is 0 Å². The fraction of sp³-hybridized carbons (Fsp3) is 0.385. The maximum Gasteiger partial charge on any atom is 0.251 e. The van der Waals surface area contributed by atoms with Crippen LogP contribution in [0.1, 0.15) is 17.3 Å². The molecule has 4 N–H and O–H groups in total. The number of nitrogen functional groups attached to an aromatic ring is 1. The van der Waals surface area contributed by atoms with Gasteiger partial charge < -0.3 is 21.1 Å². The highest BCUT2D eigenvalue weighted by Gasteiger charge is 2.07. The zero-order valence-corrected chi connectivity index (χ0v) is 10.9. The number of nitrogens with one attached hydrogen (secondary N) is 2. The normalized spacial score (nSPS) is 9.95. The van der Waals surface area contributed by atoms with E-state index in [1.54, 1.807) is 24.3 Å². The first-order chi connectivity index (χ1) is 9.13. The van der Waals surface area contributed by atoms with Crippen molar-refractivity contribution >= 4 is 17.5 Å². The minimum Gasteiger partial charge on any atom is -0.399 e. The average molecular weight is 265 g/mol. The molecule has 0 aliphatic heterocycles. The van der Waals surface area contributed by atoms with Crippen LogP contribution in [0.15, 0.2) is 24.3 Å². The molecule has 0 aliphatic rings. The van der Waals surface area contributed by atoms with Crippen molar-refractivity contribution in [1.82, 2.24) is 10.6 Å². The molecule has 0 aliphatic carbocycles. The minimum atomic E-state index is -0.306. The Labute approximate surface area is 112 Å². The van der Waals surface area contributed by atoms with E-state index in [1.807, 2.05) is 6.92 Å². The third-order valence-electron chi connectivity index (χ3n) is 2.36. The van der Waals surface area contributed by atoms with Crippen LogP contribution in [0.3, 0.4) is 0 Å². The predicted molar refractivity (Wildman–Crippen MR) is 72.7 cm³/mol. The van der Waals surface area contributed by atoms with E-state index in [-0.39, 0.29) is 18.4 Å². The highest BCUT2D eigenvalue weighted by atomic mass is 16.5. The molecule has 6 nitrogen and oxygen atoms in total. The van der Waals surface area contributed by atoms with Crippen molar-refractivity contribution in [3.8, 4) is 0 Å². The van der Waals surface area contributed by atoms with Gasteiger partial charge in [-0.3, -0.25) is 9.59 Å². The fourth-order valence-electron chi connectivity index (χ4n) is 1.37. The molecule has 0 atom stereocenters. The maximum absolute atomic E-state index is 11.7. The first kappa shape index (κ1) is 15.0. The van der Waals surface area contributed by atoms with E-state index in [4.69, 9.17) is 10.5 Å². The quantitative estimate of drug-likeness (QED) is 0.483. The molecule has 104 valence electrons. The van der Waals surface area contributed by atoms with E-state index >= 15 is 0 Å². The Bertz CT molecular complexity index is 418. The molecule has 0 spiro atoms. The van der Waals surface area contributed by atoms with Crippen LogP contribution in [0.5, 0.6) is 0 Å². The van der Waals surface area contributed by atoms with E-state index in [0.29, 0.717) is 31.0 Å². The number of rotatable bonds is 7. The lowest BCUT2D eigenvalue weighted by Crippen LogP contribution is -2.38. The van der Waals surface area contributed by atoms with Gasteiger partial charge in [0.2, 0.25) is 5.91 Å². The van der Waals surface area contributed by atoms with Crippen LogP contribution >= 0.6 is 0 Å². The van der Waals surface area contributed by atoms with Crippen LogP contribution in [0.4, 0.5) is 5.69 Å². The van der Waals surface area contributed by atoms with Crippen LogP contribution in [-0.4, -0.2) is 38.1 Å². The van der Waals surface area contributed by atoms with Crippen LogP contribution in [0, 0.1) is 0 Å². The van der Waals surface area contributed by atoms with Gasteiger partial charge in [0.05, 0.1) is 13.2 Å². The van der Waals surface area contributed by atoms with Crippen molar-refractivity contribution in [2.75, 3.05) is 32.0 Å². The Morgan fingerprint density at radius 3 is 2.53 bits per heavy atom. The number of anilines is 1. The summed E-state index contributed by atoms with van der Waals surface area (Å²) in [6.45, 7) is 3.34. The Morgan fingerprint density at radius 2 is 1.89 bits per heavy atom. The monoisotopic (exact) mass is 265 g/mol. The lowest BCUT2D eigenvalue weighted by atomic mass is 10.2. The summed E-state index contributed by atoms with van der Waals surface area (Å²) in [4.78, 5) is 23.1. The van der Waals surface area contributed by atoms with E-state index < -0.39 is 0 Å². The highest BCUT2D eigenvalue weighted by Crippen LogP contribution is 2.04. The molecular formula is C13H19N3O3. The lowest BCUT2D eigenvalue weighted by Gasteiger charge is -2.07. The first-order valence-corrected chi connectivity index (χ1v) is 6.11. The topological polar surface area (TPSA) is 93.5 Å². The second-order valence-electron chi connectivity index (χ2n) is 3.85. The zero-order chi connectivity index (χ0) is 14.1. The first-order valence-electron chi connectivity index (χ1n) is 6.11. The van der Waals surface area contributed by atoms with Gasteiger partial charge in [-0.2, -0.15) is 0 Å². The molecule has 1 aromatic carbocycles. The maximum atomic E-state index is 11.7. The summed E-state index contributed by atoms with van der Waals surface area (Å²) in [7, 11) is 0. The van der Waals surface area contributed by atoms with Crippen LogP contribution in [0.2, 0.25) is 0 Å². The van der Waals surface area contributed by atoms with Crippen LogP contribution in [-0.2, 0) is 9.53 Å². The van der Waals surface area contributed by atoms with Crippen LogP contribution < -0.4 is 16.4 Å². The van der Waals surface area contributed by atoms with Gasteiger partial charge in [0, 0.05) is 24.4 Å². The van der Waals surface area contributed by atoms with Crippen molar-refractivity contribution in [2.45, 2.75) is 6.92 Å². The summed E-state index contributed by atoms with van der Waals surface area (Å²) < 4.78 is 5.08. The Hall–Kier alpha value is -2.08. The summed E-state index contributed by atoms with van der Waals surface area (Å²) in [5, 5.41) is 5.16. The molecule has 1 aromatic rings. The van der Waals surface area contributed by atoms with Crippen molar-refractivity contribution in [1.29, 1.82) is 0 Å². The molecule has 0 bridgehead atoms. The number of hydrogen-bond donors (Lipinski definition) is 3. The molecule has 0 aromatic heterocycles. The van der Waals surface area contributed by atoms with E-state index in [0.717, 1.165) is 0 Å². The molecule has 0 heterocycles. The molecule has 0 saturated heterocycles. The summed E-state index contributed by atoms with van der Waals surface area (Å²) in [5.41, 5.74) is 6.58. The van der Waals surface area contributed by atoms with Gasteiger partial charge in [-0.25, -0.2) is 0 Å². The second-order valence-corrected chi connectivity index (χ2v) is 3.85. The Kier molecular flexibility index (Phi) is 6.38. The molecule has 0 saturated carbocycles. The van der Waals surface area contributed by atoms with Crippen molar-refractivity contribution < 1.29 is 14.3 Å². The number of ether oxygens (including phenoxy) is 1. The molecule has 0 unspecified atom stereocenters. The van der Waals surface area contributed by atoms with Gasteiger partial charge >= 0.3 is 0 Å². The lowest BCUT2D eigenvalue weighted by molar-refractivity contribution is -0.120. The number of hydrogen-bond acceptors (Lipinski definition) is 4. The fourth-order valence-corrected chi connectivity index (χ4v) is 1.37. The van der Waals surface area contributed by atoms with Gasteiger partial charge in [-0.05, 0) is 31.2 Å². The summed E-state index contributed by atoms with van der Waals surface area (Å²) in [5.74, 6) is -0.552. The molecule has 0 fully saturated rings. The summed E-state index contributed by atoms with van der Waals surface area (Å²) in [6.07, 6.45) is 0. The molecule has 1 rings (SSSR count). The van der Waals surface area contributed by atoms with E-state index in [1.165, 1.54) is 0 Å². The van der Waals surface area contributed by atoms with Crippen molar-refractivity contribution in [3.05, 3.63) is 29.8 Å². The Morgan fingerprint density at radius 1 is 1.21 bits per heavy atom. The van der Waals surface area contributed by atoms with Crippen LogP contribution in [0.25, 0.3) is 0 Å². The van der Waals surface area contributed by atoms with Gasteiger partial charge in [-0.15, -0.1) is 0 Å². The smallest absolute Gasteiger partial charge is 0.251 e. The molecule has 19 heavy (non-hydrogen) atoms. The number of nitrogens with two attached hydrogens (primary N) is 1. The van der Waals surface area contributed by atoms with E-state index in [2.05, 4.69) is 10.6 Å². The van der Waals surface area contributed by atoms with Gasteiger partial charge in [0.15, 0.2) is 0 Å². The summed E-state index contributed by atoms with van der Waals surface area (Å²) >= 11 is 0. The number of carbonyl (C=O) groups excluding carboxylic acids is 2.